The molecular formula is C24H18N3+. The van der Waals surface area contributed by atoms with Gasteiger partial charge in [0.05, 0.1) is 0 Å². The van der Waals surface area contributed by atoms with Gasteiger partial charge in [-0.2, -0.15) is 0 Å². The first-order valence-electron chi connectivity index (χ1n) is 9.01. The molecule has 0 N–H and O–H groups in total. The minimum absolute atomic E-state index is 0.950. The predicted octanol–water partition coefficient (Wildman–Crippen LogP) is 4.94. The summed E-state index contributed by atoms with van der Waals surface area (Å²) in [5, 5.41) is 12.8. The van der Waals surface area contributed by atoms with Gasteiger partial charge in [0.1, 0.15) is 5.69 Å². The van der Waals surface area contributed by atoms with Gasteiger partial charge in [-0.3, -0.25) is 0 Å². The Hall–Kier alpha value is -3.59. The molecule has 3 nitrogen and oxygen atoms in total. The van der Waals surface area contributed by atoms with Crippen LogP contribution in [0.2, 0.25) is 0 Å². The molecule has 0 unspecified atom stereocenters. The first-order valence-corrected chi connectivity index (χ1v) is 9.01. The first-order chi connectivity index (χ1) is 13.3. The van der Waals surface area contributed by atoms with Crippen molar-refractivity contribution in [3.63, 3.8) is 0 Å². The summed E-state index contributed by atoms with van der Waals surface area (Å²) in [6.45, 7) is 0. The SMILES string of the molecule is C[n+]1nc(-c2cccc(-c3ccccc3)c2)c2ccc3ccccc3c2n1. The molecule has 3 heteroatoms. The molecule has 0 saturated carbocycles. The fourth-order valence-corrected chi connectivity index (χ4v) is 3.61. The molecule has 0 aliphatic carbocycles. The minimum Gasteiger partial charge on any atom is -0.0622 e. The maximum atomic E-state index is 4.72. The Morgan fingerprint density at radius 2 is 1.33 bits per heavy atom. The van der Waals surface area contributed by atoms with Crippen LogP contribution in [0.1, 0.15) is 0 Å². The third-order valence-corrected chi connectivity index (χ3v) is 4.89. The quantitative estimate of drug-likeness (QED) is 0.334. The lowest BCUT2D eigenvalue weighted by molar-refractivity contribution is -0.783. The molecule has 5 rings (SSSR count). The van der Waals surface area contributed by atoms with Crippen LogP contribution in [0.25, 0.3) is 44.1 Å². The van der Waals surface area contributed by atoms with Crippen molar-refractivity contribution in [3.05, 3.63) is 91.0 Å². The van der Waals surface area contributed by atoms with Gasteiger partial charge in [0.15, 0.2) is 12.6 Å². The van der Waals surface area contributed by atoms with Crippen molar-refractivity contribution in [1.82, 2.24) is 10.2 Å². The Morgan fingerprint density at radius 1 is 0.593 bits per heavy atom. The normalized spacial score (nSPS) is 11.1. The van der Waals surface area contributed by atoms with Crippen LogP contribution in [0, 0.1) is 0 Å². The van der Waals surface area contributed by atoms with Crippen molar-refractivity contribution in [2.24, 2.45) is 7.05 Å². The van der Waals surface area contributed by atoms with Gasteiger partial charge >= 0.3 is 0 Å². The molecule has 0 spiro atoms. The summed E-state index contributed by atoms with van der Waals surface area (Å²) in [4.78, 5) is 1.67. The van der Waals surface area contributed by atoms with E-state index in [0.29, 0.717) is 0 Å². The lowest BCUT2D eigenvalue weighted by Crippen LogP contribution is -2.37. The third-order valence-electron chi connectivity index (χ3n) is 4.89. The maximum absolute atomic E-state index is 4.72. The van der Waals surface area contributed by atoms with Crippen LogP contribution in [-0.4, -0.2) is 10.2 Å². The molecule has 0 aliphatic rings. The Bertz CT molecular complexity index is 1280. The summed E-state index contributed by atoms with van der Waals surface area (Å²) in [5.41, 5.74) is 5.40. The fraction of sp³-hybridized carbons (Fsp3) is 0.0417. The van der Waals surface area contributed by atoms with Crippen molar-refractivity contribution in [1.29, 1.82) is 0 Å². The highest BCUT2D eigenvalue weighted by atomic mass is 15.4. The van der Waals surface area contributed by atoms with Gasteiger partial charge in [0, 0.05) is 31.3 Å². The second kappa shape index (κ2) is 6.29. The topological polar surface area (TPSA) is 29.7 Å². The highest BCUT2D eigenvalue weighted by Gasteiger charge is 2.16. The van der Waals surface area contributed by atoms with E-state index in [1.54, 1.807) is 4.80 Å². The second-order valence-electron chi connectivity index (χ2n) is 6.67. The number of hydrogen-bond donors (Lipinski definition) is 0. The highest BCUT2D eigenvalue weighted by Crippen LogP contribution is 2.31. The zero-order valence-corrected chi connectivity index (χ0v) is 15.0. The Morgan fingerprint density at radius 3 is 2.22 bits per heavy atom. The molecular weight excluding hydrogens is 330 g/mol. The Kier molecular flexibility index (Phi) is 3.65. The summed E-state index contributed by atoms with van der Waals surface area (Å²) in [6, 6.07) is 31.6. The van der Waals surface area contributed by atoms with Crippen molar-refractivity contribution >= 4 is 21.7 Å². The van der Waals surface area contributed by atoms with Gasteiger partial charge in [-0.05, 0) is 28.6 Å². The van der Waals surface area contributed by atoms with Crippen LogP contribution in [0.4, 0.5) is 0 Å². The van der Waals surface area contributed by atoms with E-state index in [2.05, 4.69) is 90.0 Å². The van der Waals surface area contributed by atoms with E-state index in [4.69, 9.17) is 5.10 Å². The monoisotopic (exact) mass is 348 g/mol. The smallest absolute Gasteiger partial charge is 0.0622 e. The predicted molar refractivity (Wildman–Crippen MR) is 109 cm³/mol. The molecule has 0 radical (unpaired) electrons. The number of aromatic nitrogens is 3. The largest absolute Gasteiger partial charge is 0.193 e. The lowest BCUT2D eigenvalue weighted by Gasteiger charge is -2.07. The average Bonchev–Trinajstić information content (AvgIpc) is 2.74. The van der Waals surface area contributed by atoms with E-state index in [-0.39, 0.29) is 0 Å². The molecule has 4 aromatic carbocycles. The second-order valence-corrected chi connectivity index (χ2v) is 6.67. The molecule has 1 heterocycles. The van der Waals surface area contributed by atoms with E-state index >= 15 is 0 Å². The summed E-state index contributed by atoms with van der Waals surface area (Å²) in [7, 11) is 1.88. The van der Waals surface area contributed by atoms with Gasteiger partial charge < -0.3 is 0 Å². The van der Waals surface area contributed by atoms with E-state index in [1.807, 2.05) is 13.1 Å². The molecule has 0 aliphatic heterocycles. The van der Waals surface area contributed by atoms with Crippen molar-refractivity contribution in [2.45, 2.75) is 0 Å². The number of hydrogen-bond acceptors (Lipinski definition) is 2. The molecule has 0 atom stereocenters. The third kappa shape index (κ3) is 2.74. The maximum Gasteiger partial charge on any atom is 0.193 e. The van der Waals surface area contributed by atoms with Crippen molar-refractivity contribution < 1.29 is 4.80 Å². The summed E-state index contributed by atoms with van der Waals surface area (Å²) in [6.07, 6.45) is 0. The van der Waals surface area contributed by atoms with E-state index in [9.17, 15) is 0 Å². The van der Waals surface area contributed by atoms with Crippen LogP contribution < -0.4 is 4.80 Å². The van der Waals surface area contributed by atoms with E-state index in [0.717, 1.165) is 27.5 Å². The van der Waals surface area contributed by atoms with E-state index in [1.165, 1.54) is 16.5 Å². The number of aryl methyl sites for hydroxylation is 1. The van der Waals surface area contributed by atoms with Crippen LogP contribution in [0.3, 0.4) is 0 Å². The molecule has 27 heavy (non-hydrogen) atoms. The molecule has 1 aromatic heterocycles. The first kappa shape index (κ1) is 15.6. The van der Waals surface area contributed by atoms with Gasteiger partial charge in [-0.15, -0.1) is 0 Å². The zero-order valence-electron chi connectivity index (χ0n) is 15.0. The zero-order chi connectivity index (χ0) is 18.2. The van der Waals surface area contributed by atoms with Crippen LogP contribution in [-0.2, 0) is 7.05 Å². The van der Waals surface area contributed by atoms with E-state index < -0.39 is 0 Å². The molecule has 0 bridgehead atoms. The Balaban J connectivity index is 1.77. The molecule has 5 aromatic rings. The van der Waals surface area contributed by atoms with Crippen LogP contribution in [0.15, 0.2) is 91.0 Å². The average molecular weight is 348 g/mol. The molecule has 0 fully saturated rings. The van der Waals surface area contributed by atoms with Crippen LogP contribution in [0.5, 0.6) is 0 Å². The Labute approximate surface area is 157 Å². The molecule has 128 valence electrons. The standard InChI is InChI=1S/C24H18N3/c1-27-25-23(20-12-7-11-19(16-20)17-8-3-2-4-9-17)22-15-14-18-10-5-6-13-21(18)24(22)26-27/h2-16H,1H3/q+1. The van der Waals surface area contributed by atoms with Crippen molar-refractivity contribution in [2.75, 3.05) is 0 Å². The number of fused-ring (bicyclic) bond motifs is 3. The minimum atomic E-state index is 0.950. The summed E-state index contributed by atoms with van der Waals surface area (Å²) < 4.78 is 0. The number of nitrogens with zero attached hydrogens (tertiary/aromatic N) is 3. The number of rotatable bonds is 2. The van der Waals surface area contributed by atoms with Crippen LogP contribution >= 0.6 is 0 Å². The lowest BCUT2D eigenvalue weighted by atomic mass is 9.99. The summed E-state index contributed by atoms with van der Waals surface area (Å²) in [5.74, 6) is 0. The number of benzene rings is 4. The van der Waals surface area contributed by atoms with Gasteiger partial charge in [0.2, 0.25) is 0 Å². The fourth-order valence-electron chi connectivity index (χ4n) is 3.61. The van der Waals surface area contributed by atoms with Gasteiger partial charge in [-0.25, -0.2) is 0 Å². The molecule has 0 amide bonds. The summed E-state index contributed by atoms with van der Waals surface area (Å²) >= 11 is 0. The molecule has 0 saturated heterocycles. The van der Waals surface area contributed by atoms with Crippen molar-refractivity contribution in [3.8, 4) is 22.4 Å². The van der Waals surface area contributed by atoms with Gasteiger partial charge in [-0.1, -0.05) is 78.9 Å². The highest BCUT2D eigenvalue weighted by molar-refractivity contribution is 6.08. The van der Waals surface area contributed by atoms with Gasteiger partial charge in [0.25, 0.3) is 0 Å².